The van der Waals surface area contributed by atoms with Crippen molar-refractivity contribution in [3.05, 3.63) is 96.6 Å². The van der Waals surface area contributed by atoms with E-state index in [4.69, 9.17) is 0 Å². The molecule has 2 aromatic carbocycles. The van der Waals surface area contributed by atoms with Crippen molar-refractivity contribution < 1.29 is 0 Å². The van der Waals surface area contributed by atoms with E-state index in [1.807, 2.05) is 18.5 Å². The summed E-state index contributed by atoms with van der Waals surface area (Å²) in [7, 11) is 2.14. The van der Waals surface area contributed by atoms with Crippen molar-refractivity contribution in [1.82, 2.24) is 29.2 Å². The van der Waals surface area contributed by atoms with Gasteiger partial charge in [-0.3, -0.25) is 4.90 Å². The summed E-state index contributed by atoms with van der Waals surface area (Å²) in [6, 6.07) is 19.2. The first-order chi connectivity index (χ1) is 13.7. The Kier molecular flexibility index (Phi) is 5.30. The van der Waals surface area contributed by atoms with E-state index in [9.17, 15) is 0 Å². The molecule has 0 bridgehead atoms. The maximum atomic E-state index is 4.58. The van der Waals surface area contributed by atoms with Crippen LogP contribution in [-0.4, -0.2) is 36.3 Å². The molecule has 0 aliphatic heterocycles. The Hall–Kier alpha value is -3.25. The van der Waals surface area contributed by atoms with Gasteiger partial charge in [0.2, 0.25) is 0 Å². The van der Waals surface area contributed by atoms with Crippen LogP contribution in [0.25, 0.3) is 5.69 Å². The molecular formula is C22H24N6. The second kappa shape index (κ2) is 8.19. The predicted molar refractivity (Wildman–Crippen MR) is 109 cm³/mol. The molecule has 2 heterocycles. The highest BCUT2D eigenvalue weighted by molar-refractivity contribution is 5.34. The molecule has 28 heavy (non-hydrogen) atoms. The Morgan fingerprint density at radius 2 is 1.82 bits per heavy atom. The van der Waals surface area contributed by atoms with E-state index in [-0.39, 0.29) is 6.04 Å². The number of hydrogen-bond donors (Lipinski definition) is 0. The second-order valence-corrected chi connectivity index (χ2v) is 6.98. The van der Waals surface area contributed by atoms with E-state index in [0.717, 1.165) is 24.6 Å². The highest BCUT2D eigenvalue weighted by Gasteiger charge is 2.15. The van der Waals surface area contributed by atoms with Crippen LogP contribution >= 0.6 is 0 Å². The van der Waals surface area contributed by atoms with Gasteiger partial charge in [0.25, 0.3) is 0 Å². The van der Waals surface area contributed by atoms with Gasteiger partial charge in [0.1, 0.15) is 18.5 Å². The zero-order valence-electron chi connectivity index (χ0n) is 16.2. The summed E-state index contributed by atoms with van der Waals surface area (Å²) < 4.78 is 3.98. The summed E-state index contributed by atoms with van der Waals surface area (Å²) in [6.45, 7) is 3.84. The van der Waals surface area contributed by atoms with Crippen molar-refractivity contribution in [2.45, 2.75) is 26.1 Å². The largest absolute Gasteiger partial charge is 0.329 e. The van der Waals surface area contributed by atoms with Crippen molar-refractivity contribution >= 4 is 0 Å². The van der Waals surface area contributed by atoms with E-state index in [1.165, 1.54) is 11.1 Å². The zero-order chi connectivity index (χ0) is 19.3. The molecule has 0 saturated heterocycles. The van der Waals surface area contributed by atoms with Crippen LogP contribution in [0.2, 0.25) is 0 Å². The van der Waals surface area contributed by atoms with Gasteiger partial charge in [-0.1, -0.05) is 42.5 Å². The van der Waals surface area contributed by atoms with E-state index < -0.39 is 0 Å². The molecule has 1 atom stereocenters. The Morgan fingerprint density at radius 3 is 2.54 bits per heavy atom. The van der Waals surface area contributed by atoms with Gasteiger partial charge in [0, 0.05) is 25.0 Å². The third-order valence-electron chi connectivity index (χ3n) is 5.11. The third-order valence-corrected chi connectivity index (χ3v) is 5.11. The summed E-state index contributed by atoms with van der Waals surface area (Å²) in [5.74, 6) is 1.07. The molecule has 0 aliphatic carbocycles. The molecule has 142 valence electrons. The molecule has 0 amide bonds. The lowest BCUT2D eigenvalue weighted by atomic mass is 10.1. The van der Waals surface area contributed by atoms with E-state index in [1.54, 1.807) is 17.3 Å². The fourth-order valence-corrected chi connectivity index (χ4v) is 3.28. The minimum atomic E-state index is 0.270. The number of aromatic nitrogens is 5. The van der Waals surface area contributed by atoms with Crippen molar-refractivity contribution in [2.75, 3.05) is 7.05 Å². The first kappa shape index (κ1) is 18.1. The predicted octanol–water partition coefficient (Wildman–Crippen LogP) is 3.71. The van der Waals surface area contributed by atoms with Crippen LogP contribution in [0, 0.1) is 0 Å². The standard InChI is InChI=1S/C22H24N6/c1-18(20-8-10-21(11-9-20)28-17-23-16-25-28)26(2)15-22-24-12-13-27(22)14-19-6-4-3-5-7-19/h3-13,16-18H,14-15H2,1-2H3. The van der Waals surface area contributed by atoms with Gasteiger partial charge in [-0.05, 0) is 37.2 Å². The molecule has 0 N–H and O–H groups in total. The number of rotatable bonds is 7. The fraction of sp³-hybridized carbons (Fsp3) is 0.227. The van der Waals surface area contributed by atoms with Crippen molar-refractivity contribution in [1.29, 1.82) is 0 Å². The number of nitrogens with zero attached hydrogens (tertiary/aromatic N) is 6. The molecule has 4 rings (SSSR count). The van der Waals surface area contributed by atoms with E-state index in [0.29, 0.717) is 0 Å². The third kappa shape index (κ3) is 4.02. The number of hydrogen-bond acceptors (Lipinski definition) is 4. The Balaban J connectivity index is 1.44. The van der Waals surface area contributed by atoms with Crippen LogP contribution in [0.5, 0.6) is 0 Å². The maximum absolute atomic E-state index is 4.58. The molecular weight excluding hydrogens is 348 g/mol. The van der Waals surface area contributed by atoms with Gasteiger partial charge in [0.05, 0.1) is 12.2 Å². The van der Waals surface area contributed by atoms with Crippen molar-refractivity contribution in [3.8, 4) is 5.69 Å². The average molecular weight is 372 g/mol. The van der Waals surface area contributed by atoms with Crippen LogP contribution in [0.15, 0.2) is 79.6 Å². The first-order valence-corrected chi connectivity index (χ1v) is 9.40. The Morgan fingerprint density at radius 1 is 1.04 bits per heavy atom. The maximum Gasteiger partial charge on any atom is 0.138 e. The second-order valence-electron chi connectivity index (χ2n) is 6.98. The lowest BCUT2D eigenvalue weighted by Crippen LogP contribution is -2.24. The summed E-state index contributed by atoms with van der Waals surface area (Å²) in [4.78, 5) is 10.9. The minimum Gasteiger partial charge on any atom is -0.329 e. The molecule has 0 radical (unpaired) electrons. The van der Waals surface area contributed by atoms with Crippen LogP contribution in [-0.2, 0) is 13.1 Å². The van der Waals surface area contributed by atoms with Gasteiger partial charge in [-0.2, -0.15) is 5.10 Å². The summed E-state index contributed by atoms with van der Waals surface area (Å²) in [6.07, 6.45) is 7.18. The molecule has 1 unspecified atom stereocenters. The van der Waals surface area contributed by atoms with Gasteiger partial charge in [0.15, 0.2) is 0 Å². The van der Waals surface area contributed by atoms with Gasteiger partial charge in [-0.15, -0.1) is 0 Å². The van der Waals surface area contributed by atoms with Crippen LogP contribution in [0.3, 0.4) is 0 Å². The summed E-state index contributed by atoms with van der Waals surface area (Å²) in [5, 5.41) is 4.17. The molecule has 2 aromatic heterocycles. The number of benzene rings is 2. The molecule has 0 fully saturated rings. The van der Waals surface area contributed by atoms with E-state index >= 15 is 0 Å². The van der Waals surface area contributed by atoms with Crippen LogP contribution in [0.1, 0.15) is 29.9 Å². The normalized spacial score (nSPS) is 12.4. The average Bonchev–Trinajstić information content (AvgIpc) is 3.41. The summed E-state index contributed by atoms with van der Waals surface area (Å²) in [5.41, 5.74) is 3.54. The highest BCUT2D eigenvalue weighted by atomic mass is 15.3. The zero-order valence-corrected chi connectivity index (χ0v) is 16.2. The van der Waals surface area contributed by atoms with Gasteiger partial charge >= 0.3 is 0 Å². The smallest absolute Gasteiger partial charge is 0.138 e. The van der Waals surface area contributed by atoms with Crippen LogP contribution in [0.4, 0.5) is 0 Å². The lowest BCUT2D eigenvalue weighted by Gasteiger charge is -2.25. The monoisotopic (exact) mass is 372 g/mol. The molecule has 0 aliphatic rings. The molecule has 0 saturated carbocycles. The molecule has 6 nitrogen and oxygen atoms in total. The SMILES string of the molecule is CC(c1ccc(-n2cncn2)cc1)N(C)Cc1nccn1Cc1ccccc1. The molecule has 0 spiro atoms. The fourth-order valence-electron chi connectivity index (χ4n) is 3.28. The number of imidazole rings is 1. The minimum absolute atomic E-state index is 0.270. The topological polar surface area (TPSA) is 51.8 Å². The molecule has 4 aromatic rings. The lowest BCUT2D eigenvalue weighted by molar-refractivity contribution is 0.244. The van der Waals surface area contributed by atoms with Crippen LogP contribution < -0.4 is 0 Å². The Labute approximate surface area is 165 Å². The Bertz CT molecular complexity index is 989. The van der Waals surface area contributed by atoms with Crippen molar-refractivity contribution in [2.24, 2.45) is 0 Å². The molecule has 6 heteroatoms. The van der Waals surface area contributed by atoms with Gasteiger partial charge < -0.3 is 4.57 Å². The first-order valence-electron chi connectivity index (χ1n) is 9.40. The quantitative estimate of drug-likeness (QED) is 0.496. The van der Waals surface area contributed by atoms with Gasteiger partial charge in [-0.25, -0.2) is 14.6 Å². The van der Waals surface area contributed by atoms with E-state index in [2.05, 4.69) is 87.0 Å². The summed E-state index contributed by atoms with van der Waals surface area (Å²) >= 11 is 0. The highest BCUT2D eigenvalue weighted by Crippen LogP contribution is 2.22. The van der Waals surface area contributed by atoms with Crippen molar-refractivity contribution in [3.63, 3.8) is 0 Å².